The highest BCUT2D eigenvalue weighted by Crippen LogP contribution is 2.52. The summed E-state index contributed by atoms with van der Waals surface area (Å²) >= 11 is 0. The lowest BCUT2D eigenvalue weighted by atomic mass is 9.87. The van der Waals surface area contributed by atoms with Crippen LogP contribution in [0.25, 0.3) is 0 Å². The Kier molecular flexibility index (Phi) is 4.55. The lowest BCUT2D eigenvalue weighted by molar-refractivity contribution is -0.286. The first-order chi connectivity index (χ1) is 15.2. The maximum absolute atomic E-state index is 13.7. The molecule has 1 amide bonds. The predicted octanol–water partition coefficient (Wildman–Crippen LogP) is 4.50. The van der Waals surface area contributed by atoms with Crippen molar-refractivity contribution in [1.82, 2.24) is 5.32 Å². The van der Waals surface area contributed by atoms with Crippen molar-refractivity contribution in [1.29, 1.82) is 0 Å². The molecule has 5 rings (SSSR count). The van der Waals surface area contributed by atoms with Crippen molar-refractivity contribution in [2.75, 3.05) is 13.3 Å². The van der Waals surface area contributed by atoms with Gasteiger partial charge in [-0.05, 0) is 36.6 Å². The molecule has 1 aliphatic carbocycles. The van der Waals surface area contributed by atoms with E-state index in [1.54, 1.807) is 0 Å². The molecule has 0 radical (unpaired) electrons. The number of rotatable bonds is 5. The van der Waals surface area contributed by atoms with Crippen LogP contribution in [0.1, 0.15) is 36.4 Å². The van der Waals surface area contributed by atoms with Crippen LogP contribution < -0.4 is 19.5 Å². The molecule has 1 N–H and O–H groups in total. The van der Waals surface area contributed by atoms with E-state index in [4.69, 9.17) is 4.74 Å². The maximum Gasteiger partial charge on any atom is 0.586 e. The average Bonchev–Trinajstić information content (AvgIpc) is 3.50. The number of carbonyl (C=O) groups excluding carboxylic acids is 1. The first-order valence-electron chi connectivity index (χ1n) is 10.0. The summed E-state index contributed by atoms with van der Waals surface area (Å²) in [7, 11) is 0. The summed E-state index contributed by atoms with van der Waals surface area (Å²) in [5.41, 5.74) is -1.97. The normalized spacial score (nSPS) is 23.1. The van der Waals surface area contributed by atoms with E-state index in [1.165, 1.54) is 30.3 Å². The molecule has 2 aliphatic heterocycles. The fourth-order valence-electron chi connectivity index (χ4n) is 4.28. The molecule has 2 heterocycles. The van der Waals surface area contributed by atoms with E-state index < -0.39 is 48.4 Å². The zero-order chi connectivity index (χ0) is 22.7. The van der Waals surface area contributed by atoms with Gasteiger partial charge in [0.15, 0.2) is 17.1 Å². The lowest BCUT2D eigenvalue weighted by Crippen LogP contribution is -2.49. The Morgan fingerprint density at radius 3 is 2.38 bits per heavy atom. The van der Waals surface area contributed by atoms with E-state index in [0.29, 0.717) is 24.0 Å². The minimum atomic E-state index is -3.77. The predicted molar refractivity (Wildman–Crippen MR) is 101 cm³/mol. The standard InChI is InChI=1S/C22H18F5NO4/c23-10-20(11-24)9-15(14-3-2-13(25)8-17(14)30-20)28-19(29)21(5-6-21)12-1-4-16-18(7-12)32-22(26,27)31-16/h1-4,7-8,15H,5-6,9-11H2,(H,28,29)/t15-/m1/s1. The topological polar surface area (TPSA) is 56.8 Å². The van der Waals surface area contributed by atoms with E-state index >= 15 is 0 Å². The minimum Gasteiger partial charge on any atom is -0.481 e. The Balaban J connectivity index is 1.43. The van der Waals surface area contributed by atoms with Gasteiger partial charge in [0.05, 0.1) is 11.5 Å². The summed E-state index contributed by atoms with van der Waals surface area (Å²) in [5, 5.41) is 2.81. The number of amides is 1. The Hall–Kier alpha value is -3.04. The monoisotopic (exact) mass is 455 g/mol. The van der Waals surface area contributed by atoms with Crippen LogP contribution in [0.15, 0.2) is 36.4 Å². The molecule has 0 aromatic heterocycles. The maximum atomic E-state index is 13.7. The van der Waals surface area contributed by atoms with E-state index in [1.807, 2.05) is 0 Å². The zero-order valence-electron chi connectivity index (χ0n) is 16.6. The summed E-state index contributed by atoms with van der Waals surface area (Å²) in [6, 6.07) is 6.93. The molecule has 170 valence electrons. The van der Waals surface area contributed by atoms with Crippen molar-refractivity contribution in [2.24, 2.45) is 0 Å². The number of nitrogens with one attached hydrogen (secondary N) is 1. The van der Waals surface area contributed by atoms with Gasteiger partial charge in [-0.3, -0.25) is 4.79 Å². The van der Waals surface area contributed by atoms with Crippen molar-refractivity contribution >= 4 is 5.91 Å². The van der Waals surface area contributed by atoms with Crippen LogP contribution in [0.4, 0.5) is 22.0 Å². The van der Waals surface area contributed by atoms with Crippen molar-refractivity contribution in [3.05, 3.63) is 53.3 Å². The van der Waals surface area contributed by atoms with Gasteiger partial charge in [0.2, 0.25) is 5.91 Å². The second-order valence-corrected chi connectivity index (χ2v) is 8.38. The summed E-state index contributed by atoms with van der Waals surface area (Å²) in [5.74, 6) is -1.42. The number of alkyl halides is 4. The second-order valence-electron chi connectivity index (χ2n) is 8.38. The van der Waals surface area contributed by atoms with Gasteiger partial charge >= 0.3 is 6.29 Å². The van der Waals surface area contributed by atoms with Crippen LogP contribution in [0.5, 0.6) is 17.2 Å². The fraction of sp³-hybridized carbons (Fsp3) is 0.409. The Morgan fingerprint density at radius 1 is 0.969 bits per heavy atom. The van der Waals surface area contributed by atoms with Crippen LogP contribution in [0.2, 0.25) is 0 Å². The van der Waals surface area contributed by atoms with Gasteiger partial charge in [-0.2, -0.15) is 0 Å². The first kappa shape index (κ1) is 20.8. The number of hydrogen-bond acceptors (Lipinski definition) is 4. The van der Waals surface area contributed by atoms with Crippen molar-refractivity contribution in [3.8, 4) is 17.2 Å². The molecular formula is C22H18F5NO4. The van der Waals surface area contributed by atoms with Gasteiger partial charge in [0, 0.05) is 18.1 Å². The molecule has 0 unspecified atom stereocenters. The SMILES string of the molecule is O=C(N[C@@H]1CC(CF)(CF)Oc2cc(F)ccc21)C1(c2ccc3c(c2)OC(F)(F)O3)CC1. The van der Waals surface area contributed by atoms with Crippen molar-refractivity contribution in [3.63, 3.8) is 0 Å². The average molecular weight is 455 g/mol. The van der Waals surface area contributed by atoms with E-state index in [9.17, 15) is 26.7 Å². The molecule has 3 aliphatic rings. The smallest absolute Gasteiger partial charge is 0.481 e. The first-order valence-corrected chi connectivity index (χ1v) is 10.0. The molecule has 1 fully saturated rings. The quantitative estimate of drug-likeness (QED) is 0.675. The van der Waals surface area contributed by atoms with Crippen molar-refractivity contribution < 1.29 is 41.0 Å². The van der Waals surface area contributed by atoms with Crippen LogP contribution >= 0.6 is 0 Å². The molecule has 10 heteroatoms. The third-order valence-electron chi connectivity index (χ3n) is 6.18. The van der Waals surface area contributed by atoms with Gasteiger partial charge in [-0.25, -0.2) is 13.2 Å². The number of hydrogen-bond donors (Lipinski definition) is 1. The van der Waals surface area contributed by atoms with Crippen LogP contribution in [-0.2, 0) is 10.2 Å². The number of fused-ring (bicyclic) bond motifs is 2. The highest BCUT2D eigenvalue weighted by Gasteiger charge is 2.54. The van der Waals surface area contributed by atoms with Gasteiger partial charge in [0.25, 0.3) is 0 Å². The molecule has 0 saturated heterocycles. The molecule has 1 atom stereocenters. The Morgan fingerprint density at radius 2 is 1.69 bits per heavy atom. The molecule has 32 heavy (non-hydrogen) atoms. The highest BCUT2D eigenvalue weighted by atomic mass is 19.3. The number of ether oxygens (including phenoxy) is 3. The van der Waals surface area contributed by atoms with E-state index in [0.717, 1.165) is 6.07 Å². The lowest BCUT2D eigenvalue weighted by Gasteiger charge is -2.39. The number of halogens is 5. The molecule has 5 nitrogen and oxygen atoms in total. The molecular weight excluding hydrogens is 437 g/mol. The second kappa shape index (κ2) is 6.98. The molecule has 0 spiro atoms. The van der Waals surface area contributed by atoms with Gasteiger partial charge < -0.3 is 19.5 Å². The largest absolute Gasteiger partial charge is 0.586 e. The molecule has 1 saturated carbocycles. The zero-order valence-corrected chi connectivity index (χ0v) is 16.6. The number of carbonyl (C=O) groups is 1. The molecule has 2 aromatic carbocycles. The Labute approximate surface area is 179 Å². The minimum absolute atomic E-state index is 0.0352. The van der Waals surface area contributed by atoms with Gasteiger partial charge in [-0.15, -0.1) is 8.78 Å². The molecule has 0 bridgehead atoms. The van der Waals surface area contributed by atoms with Crippen LogP contribution in [-0.4, -0.2) is 31.2 Å². The van der Waals surface area contributed by atoms with E-state index in [-0.39, 0.29) is 23.7 Å². The van der Waals surface area contributed by atoms with Gasteiger partial charge in [0.1, 0.15) is 24.9 Å². The third kappa shape index (κ3) is 3.32. The molecule has 2 aromatic rings. The van der Waals surface area contributed by atoms with Gasteiger partial charge in [-0.1, -0.05) is 12.1 Å². The summed E-state index contributed by atoms with van der Waals surface area (Å²) < 4.78 is 82.0. The van der Waals surface area contributed by atoms with Crippen molar-refractivity contribution in [2.45, 2.75) is 42.6 Å². The third-order valence-corrected chi connectivity index (χ3v) is 6.18. The summed E-state index contributed by atoms with van der Waals surface area (Å²) in [4.78, 5) is 13.3. The number of benzene rings is 2. The summed E-state index contributed by atoms with van der Waals surface area (Å²) in [6.07, 6.45) is -3.06. The fourth-order valence-corrected chi connectivity index (χ4v) is 4.28. The highest BCUT2D eigenvalue weighted by molar-refractivity contribution is 5.92. The van der Waals surface area contributed by atoms with E-state index in [2.05, 4.69) is 14.8 Å². The summed E-state index contributed by atoms with van der Waals surface area (Å²) in [6.45, 7) is -2.32. The Bertz CT molecular complexity index is 1080. The van der Waals surface area contributed by atoms with Crippen LogP contribution in [0, 0.1) is 5.82 Å². The van der Waals surface area contributed by atoms with Crippen LogP contribution in [0.3, 0.4) is 0 Å².